The predicted octanol–water partition coefficient (Wildman–Crippen LogP) is 0.286. The van der Waals surface area contributed by atoms with Crippen LogP contribution in [0.3, 0.4) is 0 Å². The van der Waals surface area contributed by atoms with Gasteiger partial charge in [-0.3, -0.25) is 9.59 Å². The highest BCUT2D eigenvalue weighted by Gasteiger charge is 2.30. The minimum absolute atomic E-state index is 0.0150. The Morgan fingerprint density at radius 2 is 1.73 bits per heavy atom. The van der Waals surface area contributed by atoms with Crippen LogP contribution in [0.4, 0.5) is 5.95 Å². The predicted molar refractivity (Wildman–Crippen MR) is 83.3 cm³/mol. The highest BCUT2D eigenvalue weighted by Crippen LogP contribution is 2.13. The lowest BCUT2D eigenvalue weighted by Crippen LogP contribution is -2.56. The number of anilines is 1. The third-order valence-electron chi connectivity index (χ3n) is 3.72. The van der Waals surface area contributed by atoms with Gasteiger partial charge >= 0.3 is 0 Å². The largest absolute Gasteiger partial charge is 0.344 e. The Labute approximate surface area is 130 Å². The molecule has 1 N–H and O–H groups in total. The quantitative estimate of drug-likeness (QED) is 0.865. The maximum Gasteiger partial charge on any atom is 0.245 e. The van der Waals surface area contributed by atoms with Crippen LogP contribution in [0.5, 0.6) is 0 Å². The molecule has 1 fully saturated rings. The fraction of sp³-hybridized carbons (Fsp3) is 0.600. The summed E-state index contributed by atoms with van der Waals surface area (Å²) in [6.07, 6.45) is 3.43. The maximum atomic E-state index is 12.6. The highest BCUT2D eigenvalue weighted by molar-refractivity contribution is 5.87. The standard InChI is InChI=1S/C15H23N5O2/c1-11(2)13(18-12(3)21)14(22)19-7-9-20(10-8-19)15-16-5-4-6-17-15/h4-6,11,13H,7-10H2,1-3H3,(H,18,21)/t13-/m1/s1. The van der Waals surface area contributed by atoms with Gasteiger partial charge in [0.15, 0.2) is 0 Å². The molecule has 2 amide bonds. The molecule has 0 unspecified atom stereocenters. The molecule has 1 aromatic heterocycles. The summed E-state index contributed by atoms with van der Waals surface area (Å²) in [6.45, 7) is 7.92. The summed E-state index contributed by atoms with van der Waals surface area (Å²) in [7, 11) is 0. The molecule has 1 aliphatic rings. The van der Waals surface area contributed by atoms with Crippen LogP contribution in [0.1, 0.15) is 20.8 Å². The first-order valence-corrected chi connectivity index (χ1v) is 7.57. The summed E-state index contributed by atoms with van der Waals surface area (Å²) in [4.78, 5) is 36.2. The summed E-state index contributed by atoms with van der Waals surface area (Å²) >= 11 is 0. The summed E-state index contributed by atoms with van der Waals surface area (Å²) in [5.41, 5.74) is 0. The van der Waals surface area contributed by atoms with Crippen LogP contribution in [0, 0.1) is 5.92 Å². The van der Waals surface area contributed by atoms with Gasteiger partial charge in [0.1, 0.15) is 6.04 Å². The molecule has 1 aliphatic heterocycles. The number of rotatable bonds is 4. The molecule has 2 rings (SSSR count). The molecule has 0 radical (unpaired) electrons. The van der Waals surface area contributed by atoms with Gasteiger partial charge < -0.3 is 15.1 Å². The first-order valence-electron chi connectivity index (χ1n) is 7.57. The normalized spacial score (nSPS) is 16.5. The van der Waals surface area contributed by atoms with E-state index < -0.39 is 6.04 Å². The second kappa shape index (κ2) is 7.20. The number of carbonyl (C=O) groups is 2. The van der Waals surface area contributed by atoms with Gasteiger partial charge in [-0.1, -0.05) is 13.8 Å². The van der Waals surface area contributed by atoms with Gasteiger partial charge in [0.2, 0.25) is 17.8 Å². The van der Waals surface area contributed by atoms with Gasteiger partial charge in [-0.25, -0.2) is 9.97 Å². The monoisotopic (exact) mass is 305 g/mol. The molecule has 120 valence electrons. The van der Waals surface area contributed by atoms with Crippen molar-refractivity contribution in [2.75, 3.05) is 31.1 Å². The Balaban J connectivity index is 1.95. The first kappa shape index (κ1) is 16.2. The van der Waals surface area contributed by atoms with E-state index in [0.717, 1.165) is 0 Å². The number of nitrogens with zero attached hydrogens (tertiary/aromatic N) is 4. The maximum absolute atomic E-state index is 12.6. The van der Waals surface area contributed by atoms with Gasteiger partial charge in [-0.15, -0.1) is 0 Å². The zero-order chi connectivity index (χ0) is 16.1. The Morgan fingerprint density at radius 3 is 2.23 bits per heavy atom. The molecule has 0 aliphatic carbocycles. The third kappa shape index (κ3) is 3.93. The molecule has 2 heterocycles. The lowest BCUT2D eigenvalue weighted by atomic mass is 10.0. The van der Waals surface area contributed by atoms with E-state index in [-0.39, 0.29) is 17.7 Å². The molecular formula is C15H23N5O2. The van der Waals surface area contributed by atoms with E-state index in [2.05, 4.69) is 20.2 Å². The molecule has 0 saturated carbocycles. The van der Waals surface area contributed by atoms with Crippen LogP contribution in [0.15, 0.2) is 18.5 Å². The average molecular weight is 305 g/mol. The van der Waals surface area contributed by atoms with Gasteiger partial charge in [0.05, 0.1) is 0 Å². The minimum atomic E-state index is -0.461. The fourth-order valence-corrected chi connectivity index (χ4v) is 2.51. The van der Waals surface area contributed by atoms with Crippen molar-refractivity contribution in [1.82, 2.24) is 20.2 Å². The van der Waals surface area contributed by atoms with Gasteiger partial charge in [0, 0.05) is 45.5 Å². The van der Waals surface area contributed by atoms with Crippen LogP contribution in [0.2, 0.25) is 0 Å². The summed E-state index contributed by atoms with van der Waals surface area (Å²) in [5.74, 6) is 0.561. The smallest absolute Gasteiger partial charge is 0.245 e. The van der Waals surface area contributed by atoms with Crippen LogP contribution in [0.25, 0.3) is 0 Å². The Bertz CT molecular complexity index is 512. The van der Waals surface area contributed by atoms with Crippen molar-refractivity contribution >= 4 is 17.8 Å². The molecule has 7 heteroatoms. The van der Waals surface area contributed by atoms with Crippen LogP contribution >= 0.6 is 0 Å². The summed E-state index contributed by atoms with van der Waals surface area (Å²) in [5, 5.41) is 2.75. The highest BCUT2D eigenvalue weighted by atomic mass is 16.2. The molecule has 7 nitrogen and oxygen atoms in total. The lowest BCUT2D eigenvalue weighted by Gasteiger charge is -2.37. The van der Waals surface area contributed by atoms with Crippen molar-refractivity contribution < 1.29 is 9.59 Å². The molecule has 1 atom stereocenters. The van der Waals surface area contributed by atoms with Crippen LogP contribution in [-0.4, -0.2) is 58.9 Å². The number of nitrogens with one attached hydrogen (secondary N) is 1. The van der Waals surface area contributed by atoms with Gasteiger partial charge in [0.25, 0.3) is 0 Å². The Hall–Kier alpha value is -2.18. The van der Waals surface area contributed by atoms with Crippen molar-refractivity contribution in [3.05, 3.63) is 18.5 Å². The van der Waals surface area contributed by atoms with Gasteiger partial charge in [-0.2, -0.15) is 0 Å². The topological polar surface area (TPSA) is 78.4 Å². The van der Waals surface area contributed by atoms with E-state index in [0.29, 0.717) is 32.1 Å². The van der Waals surface area contributed by atoms with E-state index in [1.807, 2.05) is 13.8 Å². The van der Waals surface area contributed by atoms with E-state index in [4.69, 9.17) is 0 Å². The number of amides is 2. The third-order valence-corrected chi connectivity index (χ3v) is 3.72. The molecule has 1 aromatic rings. The summed E-state index contributed by atoms with van der Waals surface area (Å²) < 4.78 is 0. The number of hydrogen-bond donors (Lipinski definition) is 1. The van der Waals surface area contributed by atoms with E-state index >= 15 is 0 Å². The lowest BCUT2D eigenvalue weighted by molar-refractivity contribution is -0.137. The van der Waals surface area contributed by atoms with Crippen molar-refractivity contribution in [3.63, 3.8) is 0 Å². The summed E-state index contributed by atoms with van der Waals surface area (Å²) in [6, 6.07) is 1.32. The number of aromatic nitrogens is 2. The van der Waals surface area contributed by atoms with Crippen molar-refractivity contribution in [2.45, 2.75) is 26.8 Å². The first-order chi connectivity index (χ1) is 10.5. The molecule has 0 aromatic carbocycles. The number of hydrogen-bond acceptors (Lipinski definition) is 5. The minimum Gasteiger partial charge on any atom is -0.344 e. The van der Waals surface area contributed by atoms with Crippen molar-refractivity contribution in [1.29, 1.82) is 0 Å². The fourth-order valence-electron chi connectivity index (χ4n) is 2.51. The average Bonchev–Trinajstić information content (AvgIpc) is 2.52. The zero-order valence-electron chi connectivity index (χ0n) is 13.3. The number of carbonyl (C=O) groups excluding carboxylic acids is 2. The SMILES string of the molecule is CC(=O)N[C@@H](C(=O)N1CCN(c2ncccn2)CC1)C(C)C. The van der Waals surface area contributed by atoms with Crippen molar-refractivity contribution in [2.24, 2.45) is 5.92 Å². The molecule has 22 heavy (non-hydrogen) atoms. The van der Waals surface area contributed by atoms with E-state index in [1.165, 1.54) is 6.92 Å². The second-order valence-corrected chi connectivity index (χ2v) is 5.78. The molecular weight excluding hydrogens is 282 g/mol. The zero-order valence-corrected chi connectivity index (χ0v) is 13.3. The second-order valence-electron chi connectivity index (χ2n) is 5.78. The van der Waals surface area contributed by atoms with Crippen LogP contribution in [-0.2, 0) is 9.59 Å². The Morgan fingerprint density at radius 1 is 1.14 bits per heavy atom. The van der Waals surface area contributed by atoms with Gasteiger partial charge in [-0.05, 0) is 12.0 Å². The van der Waals surface area contributed by atoms with E-state index in [9.17, 15) is 9.59 Å². The molecule has 0 spiro atoms. The molecule has 0 bridgehead atoms. The number of piperazine rings is 1. The van der Waals surface area contributed by atoms with Crippen molar-refractivity contribution in [3.8, 4) is 0 Å². The Kier molecular flexibility index (Phi) is 5.30. The van der Waals surface area contributed by atoms with E-state index in [1.54, 1.807) is 23.4 Å². The van der Waals surface area contributed by atoms with Crippen LogP contribution < -0.4 is 10.2 Å². The molecule has 1 saturated heterocycles.